The minimum absolute atomic E-state index is 0.0713. The first-order valence-electron chi connectivity index (χ1n) is 8.84. The van der Waals surface area contributed by atoms with Crippen LogP contribution in [0.25, 0.3) is 10.6 Å². The molecule has 0 N–H and O–H groups in total. The molecule has 1 aliphatic heterocycles. The monoisotopic (exact) mass is 398 g/mol. The van der Waals surface area contributed by atoms with Crippen LogP contribution < -0.4 is 0 Å². The second kappa shape index (κ2) is 8.21. The molecule has 0 bridgehead atoms. The fraction of sp³-hybridized carbons (Fsp3) is 0.238. The van der Waals surface area contributed by atoms with Gasteiger partial charge in [-0.15, -0.1) is 11.3 Å². The van der Waals surface area contributed by atoms with Crippen molar-refractivity contribution in [1.29, 1.82) is 0 Å². The molecular weight excluding hydrogens is 380 g/mol. The Labute approximate surface area is 167 Å². The van der Waals surface area contributed by atoms with Crippen molar-refractivity contribution in [3.8, 4) is 10.6 Å². The van der Waals surface area contributed by atoms with Gasteiger partial charge in [0.1, 0.15) is 11.1 Å². The van der Waals surface area contributed by atoms with E-state index >= 15 is 0 Å². The van der Waals surface area contributed by atoms with Crippen molar-refractivity contribution < 1.29 is 9.53 Å². The van der Waals surface area contributed by atoms with Crippen molar-refractivity contribution in [2.45, 2.75) is 12.5 Å². The summed E-state index contributed by atoms with van der Waals surface area (Å²) in [4.78, 5) is 19.2. The van der Waals surface area contributed by atoms with E-state index < -0.39 is 0 Å². The predicted octanol–water partition coefficient (Wildman–Crippen LogP) is 4.61. The maximum atomic E-state index is 12.8. The highest BCUT2D eigenvalue weighted by Crippen LogP contribution is 2.30. The lowest BCUT2D eigenvalue weighted by Gasteiger charge is -2.33. The van der Waals surface area contributed by atoms with E-state index in [0.717, 1.165) is 21.8 Å². The maximum absolute atomic E-state index is 12.8. The summed E-state index contributed by atoms with van der Waals surface area (Å²) in [6, 6.07) is 17.7. The molecule has 1 aromatic heterocycles. The smallest absolute Gasteiger partial charge is 0.228 e. The summed E-state index contributed by atoms with van der Waals surface area (Å²) in [5.74, 6) is 0.0789. The summed E-state index contributed by atoms with van der Waals surface area (Å²) < 4.78 is 5.85. The number of carbonyl (C=O) groups excluding carboxylic acids is 1. The SMILES string of the molecule is O=C(Cc1csc(-c2ccccc2Cl)n1)N1CCO[C@@H](c2ccccc2)C1. The third-order valence-corrected chi connectivity index (χ3v) is 5.83. The van der Waals surface area contributed by atoms with Gasteiger partial charge in [-0.3, -0.25) is 4.79 Å². The number of carbonyl (C=O) groups is 1. The van der Waals surface area contributed by atoms with Gasteiger partial charge in [-0.05, 0) is 11.6 Å². The zero-order chi connectivity index (χ0) is 18.6. The highest BCUT2D eigenvalue weighted by Gasteiger charge is 2.25. The number of amides is 1. The van der Waals surface area contributed by atoms with Gasteiger partial charge in [0.25, 0.3) is 0 Å². The van der Waals surface area contributed by atoms with Crippen LogP contribution in [0.3, 0.4) is 0 Å². The third kappa shape index (κ3) is 4.21. The number of hydrogen-bond donors (Lipinski definition) is 0. The number of benzene rings is 2. The summed E-state index contributed by atoms with van der Waals surface area (Å²) in [5.41, 5.74) is 2.78. The van der Waals surface area contributed by atoms with E-state index in [4.69, 9.17) is 16.3 Å². The van der Waals surface area contributed by atoms with Crippen molar-refractivity contribution in [2.24, 2.45) is 0 Å². The number of rotatable bonds is 4. The molecule has 0 spiro atoms. The number of halogens is 1. The molecule has 1 atom stereocenters. The van der Waals surface area contributed by atoms with Crippen molar-refractivity contribution in [1.82, 2.24) is 9.88 Å². The van der Waals surface area contributed by atoms with Crippen LogP contribution >= 0.6 is 22.9 Å². The zero-order valence-corrected chi connectivity index (χ0v) is 16.2. The van der Waals surface area contributed by atoms with Crippen LogP contribution in [0.5, 0.6) is 0 Å². The number of hydrogen-bond acceptors (Lipinski definition) is 4. The molecule has 0 unspecified atom stereocenters. The Morgan fingerprint density at radius 1 is 1.19 bits per heavy atom. The number of thiazole rings is 1. The minimum atomic E-state index is -0.0713. The van der Waals surface area contributed by atoms with E-state index in [2.05, 4.69) is 4.98 Å². The van der Waals surface area contributed by atoms with Gasteiger partial charge >= 0.3 is 0 Å². The van der Waals surface area contributed by atoms with Gasteiger partial charge in [0, 0.05) is 17.5 Å². The van der Waals surface area contributed by atoms with Crippen molar-refractivity contribution >= 4 is 28.8 Å². The summed E-state index contributed by atoms with van der Waals surface area (Å²) in [7, 11) is 0. The molecular formula is C21H19ClN2O2S. The van der Waals surface area contributed by atoms with Crippen molar-refractivity contribution in [3.63, 3.8) is 0 Å². The number of nitrogens with zero attached hydrogens (tertiary/aromatic N) is 2. The van der Waals surface area contributed by atoms with Crippen LogP contribution in [-0.4, -0.2) is 35.5 Å². The highest BCUT2D eigenvalue weighted by molar-refractivity contribution is 7.13. The lowest BCUT2D eigenvalue weighted by molar-refractivity contribution is -0.138. The molecule has 3 aromatic rings. The molecule has 138 valence electrons. The first kappa shape index (κ1) is 18.2. The Morgan fingerprint density at radius 3 is 2.78 bits per heavy atom. The van der Waals surface area contributed by atoms with E-state index in [-0.39, 0.29) is 12.0 Å². The van der Waals surface area contributed by atoms with Crippen LogP contribution in [-0.2, 0) is 16.0 Å². The van der Waals surface area contributed by atoms with E-state index in [9.17, 15) is 4.79 Å². The molecule has 27 heavy (non-hydrogen) atoms. The van der Waals surface area contributed by atoms with Gasteiger partial charge < -0.3 is 9.64 Å². The molecule has 1 aliphatic rings. The Kier molecular flexibility index (Phi) is 5.53. The van der Waals surface area contributed by atoms with Crippen LogP contribution in [0, 0.1) is 0 Å². The molecule has 1 saturated heterocycles. The lowest BCUT2D eigenvalue weighted by Crippen LogP contribution is -2.43. The van der Waals surface area contributed by atoms with Gasteiger partial charge in [0.2, 0.25) is 5.91 Å². The Balaban J connectivity index is 1.43. The quantitative estimate of drug-likeness (QED) is 0.644. The van der Waals surface area contributed by atoms with Crippen LogP contribution in [0.4, 0.5) is 0 Å². The van der Waals surface area contributed by atoms with E-state index in [0.29, 0.717) is 31.1 Å². The van der Waals surface area contributed by atoms with Gasteiger partial charge in [-0.2, -0.15) is 0 Å². The first-order valence-corrected chi connectivity index (χ1v) is 10.1. The van der Waals surface area contributed by atoms with Crippen molar-refractivity contribution in [3.05, 3.63) is 76.3 Å². The maximum Gasteiger partial charge on any atom is 0.228 e. The van der Waals surface area contributed by atoms with Crippen LogP contribution in [0.1, 0.15) is 17.4 Å². The number of aromatic nitrogens is 1. The minimum Gasteiger partial charge on any atom is -0.370 e. The molecule has 4 rings (SSSR count). The van der Waals surface area contributed by atoms with Gasteiger partial charge in [-0.25, -0.2) is 4.98 Å². The van der Waals surface area contributed by atoms with E-state index in [1.54, 1.807) is 0 Å². The summed E-state index contributed by atoms with van der Waals surface area (Å²) in [6.07, 6.45) is 0.223. The average molecular weight is 399 g/mol. The molecule has 1 fully saturated rings. The Bertz CT molecular complexity index is 929. The summed E-state index contributed by atoms with van der Waals surface area (Å²) in [5, 5.41) is 3.45. The van der Waals surface area contributed by atoms with Gasteiger partial charge in [-0.1, -0.05) is 60.1 Å². The van der Waals surface area contributed by atoms with E-state index in [1.165, 1.54) is 11.3 Å². The summed E-state index contributed by atoms with van der Waals surface area (Å²) in [6.45, 7) is 1.74. The fourth-order valence-electron chi connectivity index (χ4n) is 3.16. The zero-order valence-electron chi connectivity index (χ0n) is 14.7. The molecule has 2 heterocycles. The number of ether oxygens (including phenoxy) is 1. The lowest BCUT2D eigenvalue weighted by atomic mass is 10.1. The van der Waals surface area contributed by atoms with E-state index in [1.807, 2.05) is 64.9 Å². The molecule has 0 saturated carbocycles. The van der Waals surface area contributed by atoms with Crippen molar-refractivity contribution in [2.75, 3.05) is 19.7 Å². The normalized spacial score (nSPS) is 17.1. The van der Waals surface area contributed by atoms with Gasteiger partial charge in [0.15, 0.2) is 0 Å². The first-order chi connectivity index (χ1) is 13.2. The molecule has 0 aliphatic carbocycles. The standard InChI is InChI=1S/C21H19ClN2O2S/c22-18-9-5-4-8-17(18)21-23-16(14-27-21)12-20(25)24-10-11-26-19(13-24)15-6-2-1-3-7-15/h1-9,14,19H,10-13H2/t19-/m1/s1. The topological polar surface area (TPSA) is 42.4 Å². The molecule has 2 aromatic carbocycles. The third-order valence-electron chi connectivity index (χ3n) is 4.58. The van der Waals surface area contributed by atoms with Crippen LogP contribution in [0.2, 0.25) is 5.02 Å². The second-order valence-corrected chi connectivity index (χ2v) is 7.68. The highest BCUT2D eigenvalue weighted by atomic mass is 35.5. The largest absolute Gasteiger partial charge is 0.370 e. The second-order valence-electron chi connectivity index (χ2n) is 6.41. The van der Waals surface area contributed by atoms with Gasteiger partial charge in [0.05, 0.1) is 30.3 Å². The molecule has 6 heteroatoms. The average Bonchev–Trinajstić information content (AvgIpc) is 3.17. The number of morpholine rings is 1. The Morgan fingerprint density at radius 2 is 1.96 bits per heavy atom. The molecule has 0 radical (unpaired) electrons. The predicted molar refractivity (Wildman–Crippen MR) is 108 cm³/mol. The molecule has 4 nitrogen and oxygen atoms in total. The Hall–Kier alpha value is -2.21. The fourth-order valence-corrected chi connectivity index (χ4v) is 4.30. The van der Waals surface area contributed by atoms with Crippen LogP contribution in [0.15, 0.2) is 60.0 Å². The molecule has 1 amide bonds. The summed E-state index contributed by atoms with van der Waals surface area (Å²) >= 11 is 7.76.